The zero-order valence-electron chi connectivity index (χ0n) is 17.4. The summed E-state index contributed by atoms with van der Waals surface area (Å²) in [7, 11) is 3.17. The van der Waals surface area contributed by atoms with Crippen LogP contribution in [0.1, 0.15) is 27.0 Å². The molecule has 0 saturated heterocycles. The van der Waals surface area contributed by atoms with E-state index in [0.717, 1.165) is 16.7 Å². The molecule has 4 heteroatoms. The molecule has 0 atom stereocenters. The number of hydrogen-bond acceptors (Lipinski definition) is 4. The van der Waals surface area contributed by atoms with Crippen LogP contribution in [0.5, 0.6) is 11.5 Å². The van der Waals surface area contributed by atoms with Crippen molar-refractivity contribution in [3.05, 3.63) is 107 Å². The molecule has 0 amide bonds. The highest BCUT2D eigenvalue weighted by atomic mass is 16.5. The molecule has 154 valence electrons. The number of rotatable bonds is 8. The molecule has 0 aliphatic heterocycles. The van der Waals surface area contributed by atoms with Gasteiger partial charge in [0.2, 0.25) is 0 Å². The summed E-state index contributed by atoms with van der Waals surface area (Å²) in [6.45, 7) is 0. The molecule has 0 fully saturated rings. The predicted molar refractivity (Wildman–Crippen MR) is 124 cm³/mol. The van der Waals surface area contributed by atoms with Gasteiger partial charge in [-0.3, -0.25) is 4.79 Å². The first-order valence-corrected chi connectivity index (χ1v) is 9.67. The molecule has 0 spiro atoms. The Balaban J connectivity index is 1.83. The van der Waals surface area contributed by atoms with Crippen molar-refractivity contribution in [2.45, 2.75) is 0 Å². The van der Waals surface area contributed by atoms with Crippen LogP contribution in [0, 0.1) is 0 Å². The van der Waals surface area contributed by atoms with Gasteiger partial charge >= 0.3 is 0 Å². The third-order valence-electron chi connectivity index (χ3n) is 4.68. The second kappa shape index (κ2) is 10.6. The van der Waals surface area contributed by atoms with Crippen molar-refractivity contribution in [3.63, 3.8) is 0 Å². The lowest BCUT2D eigenvalue weighted by atomic mass is 10.0. The summed E-state index contributed by atoms with van der Waals surface area (Å²) < 4.78 is 10.6. The Hall–Kier alpha value is -4.14. The van der Waals surface area contributed by atoms with Crippen LogP contribution in [-0.2, 0) is 4.79 Å². The van der Waals surface area contributed by atoms with Gasteiger partial charge in [0, 0.05) is 11.1 Å². The average Bonchev–Trinajstić information content (AvgIpc) is 2.84. The first-order chi connectivity index (χ1) is 15.1. The summed E-state index contributed by atoms with van der Waals surface area (Å²) in [5.74, 6) is 3.27. The molecule has 0 unspecified atom stereocenters. The summed E-state index contributed by atoms with van der Waals surface area (Å²) >= 11 is 0. The molecule has 0 saturated carbocycles. The number of methoxy groups -OCH3 is 2. The summed E-state index contributed by atoms with van der Waals surface area (Å²) in [5, 5.41) is 0. The second-order valence-corrected chi connectivity index (χ2v) is 6.64. The lowest BCUT2D eigenvalue weighted by Crippen LogP contribution is -1.93. The number of allylic oxidation sites excluding steroid dienone is 3. The summed E-state index contributed by atoms with van der Waals surface area (Å²) in [6, 6.07) is 21.8. The highest BCUT2D eigenvalue weighted by molar-refractivity contribution is 6.06. The van der Waals surface area contributed by atoms with Crippen molar-refractivity contribution in [3.8, 4) is 11.5 Å². The van der Waals surface area contributed by atoms with Crippen molar-refractivity contribution >= 4 is 29.4 Å². The minimum Gasteiger partial charge on any atom is -0.497 e. The fourth-order valence-electron chi connectivity index (χ4n) is 2.99. The zero-order valence-corrected chi connectivity index (χ0v) is 17.4. The minimum absolute atomic E-state index is 0.0702. The van der Waals surface area contributed by atoms with Crippen LogP contribution < -0.4 is 9.47 Å². The largest absolute Gasteiger partial charge is 0.497 e. The number of ether oxygens (including phenoxy) is 2. The molecule has 3 rings (SSSR count). The van der Waals surface area contributed by atoms with Crippen LogP contribution in [0.4, 0.5) is 0 Å². The van der Waals surface area contributed by atoms with Gasteiger partial charge in [-0.05, 0) is 65.8 Å². The highest BCUT2D eigenvalue weighted by Gasteiger charge is 2.05. The van der Waals surface area contributed by atoms with Crippen LogP contribution in [-0.4, -0.2) is 25.9 Å². The molecule has 0 aliphatic rings. The Morgan fingerprint density at radius 1 is 0.806 bits per heavy atom. The summed E-state index contributed by atoms with van der Waals surface area (Å²) in [5.41, 5.74) is 3.39. The monoisotopic (exact) mass is 410 g/mol. The smallest absolute Gasteiger partial charge is 0.185 e. The van der Waals surface area contributed by atoms with Crippen molar-refractivity contribution in [1.29, 1.82) is 0 Å². The standard InChI is InChI=1S/C27H22O4/c1-30-25-14-12-21(13-15-25)24(19-28)11-10-23-18-20(9-17-27(23)31-2)8-16-26(29)22-6-4-3-5-7-22/h3-18H,1-2H3/b11-10?,16-8+. The molecule has 0 N–H and O–H groups in total. The first kappa shape index (κ1) is 21.6. The van der Waals surface area contributed by atoms with Crippen LogP contribution in [0.25, 0.3) is 17.7 Å². The minimum atomic E-state index is -0.0702. The van der Waals surface area contributed by atoms with Gasteiger partial charge in [-0.2, -0.15) is 0 Å². The molecule has 0 bridgehead atoms. The summed E-state index contributed by atoms with van der Waals surface area (Å²) in [6.07, 6.45) is 6.78. The summed E-state index contributed by atoms with van der Waals surface area (Å²) in [4.78, 5) is 23.8. The Labute approximate surface area is 181 Å². The third kappa shape index (κ3) is 5.69. The maximum absolute atomic E-state index is 12.3. The van der Waals surface area contributed by atoms with Gasteiger partial charge in [-0.1, -0.05) is 42.5 Å². The van der Waals surface area contributed by atoms with Crippen molar-refractivity contribution in [2.24, 2.45) is 0 Å². The Morgan fingerprint density at radius 2 is 1.55 bits per heavy atom. The van der Waals surface area contributed by atoms with Crippen molar-refractivity contribution in [2.75, 3.05) is 14.2 Å². The van der Waals surface area contributed by atoms with Gasteiger partial charge in [0.25, 0.3) is 0 Å². The first-order valence-electron chi connectivity index (χ1n) is 9.67. The van der Waals surface area contributed by atoms with E-state index >= 15 is 0 Å². The lowest BCUT2D eigenvalue weighted by Gasteiger charge is -2.06. The van der Waals surface area contributed by atoms with Gasteiger partial charge in [-0.15, -0.1) is 0 Å². The van der Waals surface area contributed by atoms with Crippen LogP contribution in [0.2, 0.25) is 0 Å². The van der Waals surface area contributed by atoms with Crippen LogP contribution in [0.3, 0.4) is 0 Å². The molecule has 3 aromatic carbocycles. The number of hydrogen-bond donors (Lipinski definition) is 0. The number of benzene rings is 3. The molecule has 0 heterocycles. The Kier molecular flexibility index (Phi) is 7.36. The van der Waals surface area contributed by atoms with Gasteiger partial charge in [0.1, 0.15) is 17.4 Å². The second-order valence-electron chi connectivity index (χ2n) is 6.64. The maximum Gasteiger partial charge on any atom is 0.185 e. The van der Waals surface area contributed by atoms with Crippen LogP contribution >= 0.6 is 0 Å². The fraction of sp³-hybridized carbons (Fsp3) is 0.0741. The third-order valence-corrected chi connectivity index (χ3v) is 4.68. The SMILES string of the molecule is COc1ccc(C(=C=O)C=Cc2cc(/C=C/C(=O)c3ccccc3)ccc2OC)cc1. The van der Waals surface area contributed by atoms with Gasteiger partial charge < -0.3 is 9.47 Å². The molecule has 0 aliphatic carbocycles. The van der Waals surface area contributed by atoms with E-state index in [2.05, 4.69) is 0 Å². The normalized spacial score (nSPS) is 10.8. The van der Waals surface area contributed by atoms with Crippen molar-refractivity contribution < 1.29 is 19.1 Å². The zero-order chi connectivity index (χ0) is 22.1. The molecule has 4 nitrogen and oxygen atoms in total. The van der Waals surface area contributed by atoms with E-state index < -0.39 is 0 Å². The lowest BCUT2D eigenvalue weighted by molar-refractivity contribution is 0.104. The molecular formula is C27H22O4. The number of carbonyl (C=O) groups is 1. The maximum atomic E-state index is 12.3. The van der Waals surface area contributed by atoms with E-state index in [1.807, 2.05) is 42.3 Å². The van der Waals surface area contributed by atoms with Gasteiger partial charge in [0.15, 0.2) is 5.78 Å². The molecule has 0 aromatic heterocycles. The molecule has 0 radical (unpaired) electrons. The molecular weight excluding hydrogens is 388 g/mol. The van der Waals surface area contributed by atoms with Crippen LogP contribution in [0.15, 0.2) is 84.9 Å². The number of ketones is 1. The molecule has 3 aromatic rings. The van der Waals surface area contributed by atoms with E-state index in [1.165, 1.54) is 0 Å². The molecule has 31 heavy (non-hydrogen) atoms. The van der Waals surface area contributed by atoms with Gasteiger partial charge in [0.05, 0.1) is 19.8 Å². The highest BCUT2D eigenvalue weighted by Crippen LogP contribution is 2.24. The fourth-order valence-corrected chi connectivity index (χ4v) is 2.99. The Morgan fingerprint density at radius 3 is 2.19 bits per heavy atom. The van der Waals surface area contributed by atoms with E-state index in [-0.39, 0.29) is 5.78 Å². The Bertz CT molecular complexity index is 1150. The van der Waals surface area contributed by atoms with Gasteiger partial charge in [-0.25, -0.2) is 4.79 Å². The average molecular weight is 410 g/mol. The van der Waals surface area contributed by atoms with E-state index in [9.17, 15) is 9.59 Å². The van der Waals surface area contributed by atoms with E-state index in [1.54, 1.807) is 74.9 Å². The topological polar surface area (TPSA) is 52.6 Å². The van der Waals surface area contributed by atoms with E-state index in [0.29, 0.717) is 22.6 Å². The quantitative estimate of drug-likeness (QED) is 0.212. The predicted octanol–water partition coefficient (Wildman–Crippen LogP) is 5.53. The van der Waals surface area contributed by atoms with E-state index in [4.69, 9.17) is 9.47 Å². The number of carbonyl (C=O) groups excluding carboxylic acids is 2. The van der Waals surface area contributed by atoms with Crippen molar-refractivity contribution in [1.82, 2.24) is 0 Å².